The summed E-state index contributed by atoms with van der Waals surface area (Å²) in [5.74, 6) is -1.20. The van der Waals surface area contributed by atoms with E-state index in [1.807, 2.05) is 0 Å². The molecule has 0 aliphatic rings. The van der Waals surface area contributed by atoms with Gasteiger partial charge in [0.05, 0.1) is 11.4 Å². The third-order valence-corrected chi connectivity index (χ3v) is 3.82. The number of benzene rings is 1. The summed E-state index contributed by atoms with van der Waals surface area (Å²) in [7, 11) is 0. The molecule has 0 aliphatic heterocycles. The first kappa shape index (κ1) is 15.1. The number of hydrogen-bond acceptors (Lipinski definition) is 5. The summed E-state index contributed by atoms with van der Waals surface area (Å²) in [5, 5.41) is 7.32. The highest BCUT2D eigenvalue weighted by Crippen LogP contribution is 2.25. The second kappa shape index (κ2) is 5.61. The van der Waals surface area contributed by atoms with Crippen LogP contribution in [-0.2, 0) is 0 Å². The van der Waals surface area contributed by atoms with Crippen LogP contribution in [0.15, 0.2) is 22.8 Å². The molecule has 0 saturated carbocycles. The Kier molecular flexibility index (Phi) is 4.04. The van der Waals surface area contributed by atoms with Gasteiger partial charge in [-0.25, -0.2) is 9.37 Å². The number of nitrogens with zero attached hydrogens (tertiary/aromatic N) is 1. The summed E-state index contributed by atoms with van der Waals surface area (Å²) in [6.07, 6.45) is 0.838. The van der Waals surface area contributed by atoms with Gasteiger partial charge in [-0.3, -0.25) is 4.79 Å². The van der Waals surface area contributed by atoms with Gasteiger partial charge >= 0.3 is 0 Å². The van der Waals surface area contributed by atoms with E-state index in [1.54, 1.807) is 13.0 Å². The maximum Gasteiger partial charge on any atom is 0.214 e. The van der Waals surface area contributed by atoms with Gasteiger partial charge in [0, 0.05) is 17.3 Å². The van der Waals surface area contributed by atoms with Gasteiger partial charge in [0.2, 0.25) is 5.78 Å². The minimum Gasteiger partial charge on any atom is -0.397 e. The number of nitrogens with one attached hydrogen (secondary N) is 1. The number of nitrogens with two attached hydrogens (primary N) is 2. The molecule has 21 heavy (non-hydrogen) atoms. The number of carbonyl (C=O) groups excluding carboxylic acids is 1. The van der Waals surface area contributed by atoms with Crippen molar-refractivity contribution in [3.05, 3.63) is 51.0 Å². The smallest absolute Gasteiger partial charge is 0.214 e. The molecule has 0 unspecified atom stereocenters. The summed E-state index contributed by atoms with van der Waals surface area (Å²) >= 11 is 3.23. The van der Waals surface area contributed by atoms with Crippen LogP contribution in [0.3, 0.4) is 0 Å². The lowest BCUT2D eigenvalue weighted by molar-refractivity contribution is 0.103. The number of anilines is 2. The first-order chi connectivity index (χ1) is 9.86. The van der Waals surface area contributed by atoms with Crippen LogP contribution in [0, 0.1) is 18.2 Å². The van der Waals surface area contributed by atoms with Crippen molar-refractivity contribution in [2.45, 2.75) is 6.92 Å². The summed E-state index contributed by atoms with van der Waals surface area (Å²) in [6.45, 7) is 1.79. The van der Waals surface area contributed by atoms with E-state index < -0.39 is 11.6 Å². The molecule has 1 aromatic carbocycles. The lowest BCUT2D eigenvalue weighted by Gasteiger charge is -2.10. The molecular formula is C14H12BrFN4O. The van der Waals surface area contributed by atoms with Crippen LogP contribution < -0.4 is 11.5 Å². The minimum atomic E-state index is -0.684. The Hall–Kier alpha value is -2.28. The molecule has 0 atom stereocenters. The molecule has 0 fully saturated rings. The van der Waals surface area contributed by atoms with E-state index in [9.17, 15) is 9.18 Å². The normalized spacial score (nSPS) is 10.4. The van der Waals surface area contributed by atoms with Crippen LogP contribution in [0.25, 0.3) is 0 Å². The van der Waals surface area contributed by atoms with Crippen LogP contribution >= 0.6 is 15.9 Å². The fourth-order valence-corrected chi connectivity index (χ4v) is 2.18. The van der Waals surface area contributed by atoms with Crippen LogP contribution in [0.4, 0.5) is 15.8 Å². The van der Waals surface area contributed by atoms with Crippen molar-refractivity contribution in [1.29, 1.82) is 5.41 Å². The Morgan fingerprint density at radius 1 is 1.43 bits per heavy atom. The molecule has 0 saturated heterocycles. The standard InChI is InChI=1S/C14H12BrFN4O/c1-6-4-10(18)12(20-14(6)15)13(21)7-2-3-9(16)11(19)8(7)5-17/h2-5,17H,18-19H2,1H3. The van der Waals surface area contributed by atoms with E-state index in [1.165, 1.54) is 6.07 Å². The molecule has 0 radical (unpaired) electrons. The van der Waals surface area contributed by atoms with E-state index in [0.717, 1.165) is 17.8 Å². The van der Waals surface area contributed by atoms with Gasteiger partial charge in [-0.2, -0.15) is 0 Å². The average molecular weight is 351 g/mol. The largest absolute Gasteiger partial charge is 0.397 e. The number of carbonyl (C=O) groups is 1. The number of aryl methyl sites for hydroxylation is 1. The molecule has 0 bridgehead atoms. The summed E-state index contributed by atoms with van der Waals surface area (Å²) < 4.78 is 13.9. The Morgan fingerprint density at radius 2 is 2.10 bits per heavy atom. The molecule has 0 amide bonds. The molecular weight excluding hydrogens is 339 g/mol. The molecule has 1 aromatic heterocycles. The lowest BCUT2D eigenvalue weighted by Crippen LogP contribution is -2.13. The van der Waals surface area contributed by atoms with Gasteiger partial charge in [-0.1, -0.05) is 0 Å². The van der Waals surface area contributed by atoms with Gasteiger partial charge in [0.1, 0.15) is 16.1 Å². The Morgan fingerprint density at radius 3 is 2.71 bits per heavy atom. The molecule has 2 aromatic rings. The van der Waals surface area contributed by atoms with E-state index >= 15 is 0 Å². The van der Waals surface area contributed by atoms with Crippen molar-refractivity contribution in [3.63, 3.8) is 0 Å². The lowest BCUT2D eigenvalue weighted by atomic mass is 9.99. The van der Waals surface area contributed by atoms with Gasteiger partial charge < -0.3 is 16.9 Å². The number of rotatable bonds is 3. The average Bonchev–Trinajstić information content (AvgIpc) is 2.45. The predicted molar refractivity (Wildman–Crippen MR) is 83.2 cm³/mol. The number of ketones is 1. The monoisotopic (exact) mass is 350 g/mol. The Bertz CT molecular complexity index is 761. The van der Waals surface area contributed by atoms with Crippen LogP contribution in [0.2, 0.25) is 0 Å². The van der Waals surface area contributed by atoms with Crippen LogP contribution in [0.5, 0.6) is 0 Å². The molecule has 0 spiro atoms. The van der Waals surface area contributed by atoms with Crippen molar-refractivity contribution in [1.82, 2.24) is 4.98 Å². The third kappa shape index (κ3) is 2.64. The van der Waals surface area contributed by atoms with Crippen molar-refractivity contribution >= 4 is 39.3 Å². The van der Waals surface area contributed by atoms with Crippen molar-refractivity contribution in [2.75, 3.05) is 11.5 Å². The number of aromatic nitrogens is 1. The van der Waals surface area contributed by atoms with Gasteiger partial charge in [0.25, 0.3) is 0 Å². The first-order valence-electron chi connectivity index (χ1n) is 5.92. The van der Waals surface area contributed by atoms with Crippen LogP contribution in [-0.4, -0.2) is 17.0 Å². The molecule has 5 nitrogen and oxygen atoms in total. The topological polar surface area (TPSA) is 106 Å². The third-order valence-electron chi connectivity index (χ3n) is 3.02. The highest BCUT2D eigenvalue weighted by molar-refractivity contribution is 9.10. The first-order valence-corrected chi connectivity index (χ1v) is 6.72. The summed E-state index contributed by atoms with van der Waals surface area (Å²) in [5.41, 5.74) is 12.3. The minimum absolute atomic E-state index is 0.0119. The molecule has 0 aliphatic carbocycles. The second-order valence-corrected chi connectivity index (χ2v) is 5.18. The van der Waals surface area contributed by atoms with Crippen LogP contribution in [0.1, 0.15) is 27.2 Å². The predicted octanol–water partition coefficient (Wildman–Crippen LogP) is 2.68. The maximum atomic E-state index is 13.4. The quantitative estimate of drug-likeness (QED) is 0.342. The van der Waals surface area contributed by atoms with Gasteiger partial charge in [0.15, 0.2) is 0 Å². The molecule has 2 rings (SSSR count). The fraction of sp³-hybridized carbons (Fsp3) is 0.0714. The number of pyridine rings is 1. The second-order valence-electron chi connectivity index (χ2n) is 4.43. The molecule has 7 heteroatoms. The number of nitrogen functional groups attached to an aromatic ring is 2. The van der Waals surface area contributed by atoms with E-state index in [-0.39, 0.29) is 28.2 Å². The Balaban J connectivity index is 2.63. The zero-order valence-corrected chi connectivity index (χ0v) is 12.7. The van der Waals surface area contributed by atoms with Gasteiger partial charge in [-0.15, -0.1) is 0 Å². The molecule has 5 N–H and O–H groups in total. The Labute approximate surface area is 128 Å². The van der Waals surface area contributed by atoms with E-state index in [2.05, 4.69) is 20.9 Å². The van der Waals surface area contributed by atoms with Crippen molar-refractivity contribution < 1.29 is 9.18 Å². The number of hydrogen-bond donors (Lipinski definition) is 3. The maximum absolute atomic E-state index is 13.4. The fourth-order valence-electron chi connectivity index (χ4n) is 1.88. The zero-order chi connectivity index (χ0) is 15.7. The highest BCUT2D eigenvalue weighted by Gasteiger charge is 2.20. The number of halogens is 2. The van der Waals surface area contributed by atoms with Crippen molar-refractivity contribution in [2.24, 2.45) is 0 Å². The van der Waals surface area contributed by atoms with Gasteiger partial charge in [-0.05, 0) is 46.6 Å². The van der Waals surface area contributed by atoms with E-state index in [0.29, 0.717) is 4.60 Å². The highest BCUT2D eigenvalue weighted by atomic mass is 79.9. The SMILES string of the molecule is Cc1cc(N)c(C(=O)c2ccc(F)c(N)c2C=N)nc1Br. The van der Waals surface area contributed by atoms with E-state index in [4.69, 9.17) is 16.9 Å². The molecule has 108 valence electrons. The van der Waals surface area contributed by atoms with Crippen molar-refractivity contribution in [3.8, 4) is 0 Å². The zero-order valence-electron chi connectivity index (χ0n) is 11.1. The molecule has 1 heterocycles. The summed E-state index contributed by atoms with van der Waals surface area (Å²) in [6, 6.07) is 3.96. The summed E-state index contributed by atoms with van der Waals surface area (Å²) in [4.78, 5) is 16.6.